The van der Waals surface area contributed by atoms with Crippen LogP contribution in [0.5, 0.6) is 0 Å². The molecule has 0 unspecified atom stereocenters. The van der Waals surface area contributed by atoms with E-state index in [0.29, 0.717) is 5.02 Å². The third-order valence-corrected chi connectivity index (χ3v) is 6.14. The van der Waals surface area contributed by atoms with Crippen molar-refractivity contribution in [1.29, 1.82) is 0 Å². The molecule has 0 atom stereocenters. The minimum Gasteiger partial charge on any atom is -0.478 e. The zero-order valence-electron chi connectivity index (χ0n) is 17.6. The molecule has 0 radical (unpaired) electrons. The first-order chi connectivity index (χ1) is 16.0. The maximum Gasteiger partial charge on any atom is 0.335 e. The van der Waals surface area contributed by atoms with Gasteiger partial charge in [0.1, 0.15) is 0 Å². The van der Waals surface area contributed by atoms with Crippen LogP contribution in [-0.2, 0) is 0 Å². The number of carboxylic acids is 1. The van der Waals surface area contributed by atoms with E-state index in [4.69, 9.17) is 22.4 Å². The fourth-order valence-electron chi connectivity index (χ4n) is 4.22. The number of carboxylic acid groups (broad SMARTS) is 1. The Labute approximate surface area is 195 Å². The fourth-order valence-corrected chi connectivity index (χ4v) is 4.50. The Morgan fingerprint density at radius 3 is 2.00 bits per heavy atom. The lowest BCUT2D eigenvalue weighted by Crippen LogP contribution is -1.95. The molecule has 160 valence electrons. The second kappa shape index (κ2) is 8.45. The summed E-state index contributed by atoms with van der Waals surface area (Å²) in [6.07, 6.45) is 0. The Kier molecular flexibility index (Phi) is 5.33. The number of fused-ring (bicyclic) bond motifs is 6. The van der Waals surface area contributed by atoms with E-state index >= 15 is 0 Å². The number of hydrogen-bond acceptors (Lipinski definition) is 2. The van der Waals surface area contributed by atoms with Crippen molar-refractivity contribution in [2.24, 2.45) is 0 Å². The Morgan fingerprint density at radius 2 is 1.21 bits per heavy atom. The Balaban J connectivity index is 0.000000140. The maximum atomic E-state index is 11.0. The van der Waals surface area contributed by atoms with Gasteiger partial charge < -0.3 is 10.8 Å². The highest BCUT2D eigenvalue weighted by atomic mass is 35.5. The molecule has 0 heterocycles. The number of benzene rings is 6. The Morgan fingerprint density at radius 1 is 0.606 bits per heavy atom. The van der Waals surface area contributed by atoms with Gasteiger partial charge in [0.25, 0.3) is 0 Å². The highest BCUT2D eigenvalue weighted by Gasteiger charge is 2.08. The SMILES string of the molecule is Nc1ccc2c(ccc3ccccc32)c1.O=C(O)c1ccc2cc(Cl)c3ccccc3c2c1. The highest BCUT2D eigenvalue weighted by molar-refractivity contribution is 6.37. The molecular weight excluding hydrogens is 430 g/mol. The van der Waals surface area contributed by atoms with Crippen LogP contribution in [0.2, 0.25) is 5.02 Å². The van der Waals surface area contributed by atoms with Gasteiger partial charge in [-0.2, -0.15) is 0 Å². The zero-order valence-corrected chi connectivity index (χ0v) is 18.4. The summed E-state index contributed by atoms with van der Waals surface area (Å²) in [4.78, 5) is 11.0. The molecule has 4 heteroatoms. The highest BCUT2D eigenvalue weighted by Crippen LogP contribution is 2.32. The quantitative estimate of drug-likeness (QED) is 0.198. The third kappa shape index (κ3) is 3.95. The van der Waals surface area contributed by atoms with Crippen LogP contribution in [0.1, 0.15) is 10.4 Å². The minimum atomic E-state index is -0.920. The lowest BCUT2D eigenvalue weighted by Gasteiger charge is -2.07. The third-order valence-electron chi connectivity index (χ3n) is 5.83. The van der Waals surface area contributed by atoms with Crippen LogP contribution in [0.15, 0.2) is 103 Å². The molecule has 0 saturated carbocycles. The smallest absolute Gasteiger partial charge is 0.335 e. The largest absolute Gasteiger partial charge is 0.478 e. The van der Waals surface area contributed by atoms with Crippen molar-refractivity contribution < 1.29 is 9.90 Å². The summed E-state index contributed by atoms with van der Waals surface area (Å²) in [6, 6.07) is 33.4. The first-order valence-electron chi connectivity index (χ1n) is 10.5. The van der Waals surface area contributed by atoms with E-state index in [9.17, 15) is 4.79 Å². The summed E-state index contributed by atoms with van der Waals surface area (Å²) >= 11 is 6.22. The number of nitrogen functional groups attached to an aromatic ring is 1. The van der Waals surface area contributed by atoms with E-state index in [-0.39, 0.29) is 5.56 Å². The number of aromatic carboxylic acids is 1. The van der Waals surface area contributed by atoms with Gasteiger partial charge in [-0.25, -0.2) is 4.79 Å². The van der Waals surface area contributed by atoms with E-state index in [2.05, 4.69) is 42.5 Å². The van der Waals surface area contributed by atoms with E-state index in [1.807, 2.05) is 42.5 Å². The van der Waals surface area contributed by atoms with Crippen molar-refractivity contribution in [3.63, 3.8) is 0 Å². The van der Waals surface area contributed by atoms with Gasteiger partial charge in [0.15, 0.2) is 0 Å². The van der Waals surface area contributed by atoms with E-state index in [0.717, 1.165) is 27.2 Å². The van der Waals surface area contributed by atoms with E-state index in [1.165, 1.54) is 21.5 Å². The van der Waals surface area contributed by atoms with Crippen molar-refractivity contribution in [3.8, 4) is 0 Å². The van der Waals surface area contributed by atoms with Crippen molar-refractivity contribution in [3.05, 3.63) is 114 Å². The number of carbonyl (C=O) groups is 1. The first kappa shape index (κ1) is 20.8. The van der Waals surface area contributed by atoms with Crippen molar-refractivity contribution >= 4 is 66.3 Å². The summed E-state index contributed by atoms with van der Waals surface area (Å²) in [6.45, 7) is 0. The van der Waals surface area contributed by atoms with Gasteiger partial charge in [0.2, 0.25) is 0 Å². The number of halogens is 1. The molecule has 0 aliphatic rings. The van der Waals surface area contributed by atoms with Crippen LogP contribution in [-0.4, -0.2) is 11.1 Å². The molecule has 0 fully saturated rings. The molecule has 3 nitrogen and oxygen atoms in total. The molecule has 0 aromatic heterocycles. The van der Waals surface area contributed by atoms with Crippen LogP contribution < -0.4 is 5.73 Å². The van der Waals surface area contributed by atoms with Gasteiger partial charge in [-0.15, -0.1) is 0 Å². The van der Waals surface area contributed by atoms with Crippen LogP contribution in [0.25, 0.3) is 43.1 Å². The fraction of sp³-hybridized carbons (Fsp3) is 0. The predicted octanol–water partition coefficient (Wildman–Crippen LogP) is 7.92. The van der Waals surface area contributed by atoms with Gasteiger partial charge in [-0.1, -0.05) is 84.4 Å². The molecule has 0 spiro atoms. The standard InChI is InChI=1S/C15H9ClO2.C14H11N/c16-14-8-9-5-6-10(15(17)18)7-13(9)11-3-1-2-4-12(11)14;15-12-7-8-14-11(9-12)6-5-10-3-1-2-4-13(10)14/h1-8H,(H,17,18);1-9H,15H2. The molecule has 0 amide bonds. The molecule has 6 rings (SSSR count). The maximum absolute atomic E-state index is 11.0. The number of rotatable bonds is 1. The van der Waals surface area contributed by atoms with E-state index < -0.39 is 5.97 Å². The second-order valence-corrected chi connectivity index (χ2v) is 8.32. The topological polar surface area (TPSA) is 63.3 Å². The Hall–Kier alpha value is -4.08. The molecule has 6 aromatic carbocycles. The van der Waals surface area contributed by atoms with Crippen molar-refractivity contribution in [2.75, 3.05) is 5.73 Å². The van der Waals surface area contributed by atoms with Gasteiger partial charge in [-0.3, -0.25) is 0 Å². The molecular formula is C29H20ClNO2. The van der Waals surface area contributed by atoms with Crippen LogP contribution >= 0.6 is 11.6 Å². The Bertz CT molecular complexity index is 1670. The summed E-state index contributed by atoms with van der Waals surface area (Å²) in [5.41, 5.74) is 6.87. The van der Waals surface area contributed by atoms with E-state index in [1.54, 1.807) is 18.2 Å². The normalized spacial score (nSPS) is 10.9. The van der Waals surface area contributed by atoms with Crippen molar-refractivity contribution in [2.45, 2.75) is 0 Å². The van der Waals surface area contributed by atoms with Gasteiger partial charge in [0, 0.05) is 16.1 Å². The van der Waals surface area contributed by atoms with Gasteiger partial charge >= 0.3 is 5.97 Å². The zero-order chi connectivity index (χ0) is 22.9. The molecule has 6 aromatic rings. The number of anilines is 1. The molecule has 3 N–H and O–H groups in total. The second-order valence-electron chi connectivity index (χ2n) is 7.91. The number of hydrogen-bond donors (Lipinski definition) is 2. The lowest BCUT2D eigenvalue weighted by molar-refractivity contribution is 0.0697. The van der Waals surface area contributed by atoms with Crippen LogP contribution in [0, 0.1) is 0 Å². The summed E-state index contributed by atoms with van der Waals surface area (Å²) < 4.78 is 0. The van der Waals surface area contributed by atoms with Gasteiger partial charge in [0.05, 0.1) is 5.56 Å². The van der Waals surface area contributed by atoms with Crippen molar-refractivity contribution in [1.82, 2.24) is 0 Å². The summed E-state index contributed by atoms with van der Waals surface area (Å²) in [5, 5.41) is 18.5. The minimum absolute atomic E-state index is 0.287. The lowest BCUT2D eigenvalue weighted by atomic mass is 10.00. The van der Waals surface area contributed by atoms with Crippen LogP contribution in [0.4, 0.5) is 5.69 Å². The van der Waals surface area contributed by atoms with Crippen LogP contribution in [0.3, 0.4) is 0 Å². The molecule has 0 bridgehead atoms. The monoisotopic (exact) mass is 449 g/mol. The first-order valence-corrected chi connectivity index (χ1v) is 10.9. The average Bonchev–Trinajstić information content (AvgIpc) is 2.84. The molecule has 33 heavy (non-hydrogen) atoms. The summed E-state index contributed by atoms with van der Waals surface area (Å²) in [7, 11) is 0. The predicted molar refractivity (Wildman–Crippen MR) is 139 cm³/mol. The molecule has 0 aliphatic heterocycles. The molecule has 0 saturated heterocycles. The molecule has 0 aliphatic carbocycles. The summed E-state index contributed by atoms with van der Waals surface area (Å²) in [5.74, 6) is -0.920. The number of nitrogens with two attached hydrogens (primary N) is 1. The average molecular weight is 450 g/mol. The van der Waals surface area contributed by atoms with Gasteiger partial charge in [-0.05, 0) is 68.0 Å².